The number of carbonyl (C=O) groups is 2. The molecule has 2 aliphatic rings. The summed E-state index contributed by atoms with van der Waals surface area (Å²) in [6.45, 7) is 1.67. The molecule has 0 N–H and O–H groups in total. The molecule has 0 fully saturated rings. The highest BCUT2D eigenvalue weighted by atomic mass is 19.1. The second-order valence-corrected chi connectivity index (χ2v) is 8.24. The van der Waals surface area contributed by atoms with Crippen LogP contribution in [-0.4, -0.2) is 39.7 Å². The molecule has 32 heavy (non-hydrogen) atoms. The number of hydrogen-bond donors (Lipinski definition) is 0. The van der Waals surface area contributed by atoms with E-state index in [9.17, 15) is 18.4 Å². The average molecular weight is 433 g/mol. The Bertz CT molecular complexity index is 1140. The van der Waals surface area contributed by atoms with E-state index in [1.165, 1.54) is 36.7 Å². The van der Waals surface area contributed by atoms with E-state index in [1.54, 1.807) is 28.0 Å². The minimum absolute atomic E-state index is 0.242. The van der Waals surface area contributed by atoms with Crippen LogP contribution in [0.4, 0.5) is 8.78 Å². The summed E-state index contributed by atoms with van der Waals surface area (Å²) in [5.74, 6) is -1.13. The summed E-state index contributed by atoms with van der Waals surface area (Å²) in [6, 6.07) is 10.9. The molecule has 0 spiro atoms. The normalized spacial score (nSPS) is 15.2. The number of amides is 2. The molecule has 2 amide bonds. The lowest BCUT2D eigenvalue weighted by Crippen LogP contribution is -2.37. The highest BCUT2D eigenvalue weighted by Crippen LogP contribution is 2.24. The van der Waals surface area contributed by atoms with Crippen molar-refractivity contribution < 1.29 is 18.4 Å². The van der Waals surface area contributed by atoms with Gasteiger partial charge in [-0.05, 0) is 65.4 Å². The van der Waals surface area contributed by atoms with Gasteiger partial charge in [-0.2, -0.15) is 0 Å². The molecule has 5 nitrogen and oxygen atoms in total. The first-order chi connectivity index (χ1) is 15.5. The fourth-order valence-corrected chi connectivity index (χ4v) is 4.44. The predicted octanol–water partition coefficient (Wildman–Crippen LogP) is 3.76. The summed E-state index contributed by atoms with van der Waals surface area (Å²) in [6.07, 6.45) is 4.19. The van der Waals surface area contributed by atoms with Gasteiger partial charge in [0.2, 0.25) is 0 Å². The molecule has 162 valence electrons. The van der Waals surface area contributed by atoms with Crippen molar-refractivity contribution in [3.05, 3.63) is 99.9 Å². The minimum Gasteiger partial charge on any atom is -0.334 e. The number of pyridine rings is 1. The molecule has 0 saturated carbocycles. The van der Waals surface area contributed by atoms with Crippen LogP contribution >= 0.6 is 0 Å². The van der Waals surface area contributed by atoms with Gasteiger partial charge in [0.25, 0.3) is 11.8 Å². The van der Waals surface area contributed by atoms with Gasteiger partial charge in [-0.15, -0.1) is 0 Å². The quantitative estimate of drug-likeness (QED) is 0.619. The average Bonchev–Trinajstić information content (AvgIpc) is 2.82. The first-order valence-electron chi connectivity index (χ1n) is 10.6. The number of fused-ring (bicyclic) bond motifs is 2. The van der Waals surface area contributed by atoms with E-state index in [1.807, 2.05) is 0 Å². The molecule has 3 heterocycles. The van der Waals surface area contributed by atoms with Gasteiger partial charge >= 0.3 is 0 Å². The Hall–Kier alpha value is -3.61. The van der Waals surface area contributed by atoms with Crippen molar-refractivity contribution in [2.75, 3.05) is 13.1 Å². The second kappa shape index (κ2) is 8.15. The number of benzene rings is 2. The Kier molecular flexibility index (Phi) is 5.17. The van der Waals surface area contributed by atoms with Crippen LogP contribution in [0.25, 0.3) is 0 Å². The maximum Gasteiger partial charge on any atom is 0.255 e. The number of hydrogen-bond acceptors (Lipinski definition) is 3. The van der Waals surface area contributed by atoms with Crippen molar-refractivity contribution in [3.63, 3.8) is 0 Å². The first kappa shape index (κ1) is 20.3. The largest absolute Gasteiger partial charge is 0.334 e. The van der Waals surface area contributed by atoms with E-state index in [0.717, 1.165) is 22.3 Å². The van der Waals surface area contributed by atoms with Gasteiger partial charge in [-0.1, -0.05) is 12.1 Å². The van der Waals surface area contributed by atoms with E-state index in [-0.39, 0.29) is 23.4 Å². The molecule has 0 radical (unpaired) electrons. The maximum absolute atomic E-state index is 13.6. The Balaban J connectivity index is 1.33. The summed E-state index contributed by atoms with van der Waals surface area (Å²) in [4.78, 5) is 33.6. The summed E-state index contributed by atoms with van der Waals surface area (Å²) >= 11 is 0. The molecule has 0 saturated heterocycles. The Morgan fingerprint density at radius 2 is 1.16 bits per heavy atom. The second-order valence-electron chi connectivity index (χ2n) is 8.24. The molecule has 0 atom stereocenters. The molecule has 3 aromatic rings. The van der Waals surface area contributed by atoms with Crippen LogP contribution in [-0.2, 0) is 25.9 Å². The van der Waals surface area contributed by atoms with E-state index in [0.29, 0.717) is 50.1 Å². The Labute approximate surface area is 184 Å². The van der Waals surface area contributed by atoms with Gasteiger partial charge in [0, 0.05) is 38.6 Å². The van der Waals surface area contributed by atoms with Crippen molar-refractivity contribution >= 4 is 11.8 Å². The fourth-order valence-electron chi connectivity index (χ4n) is 4.44. The number of halogens is 2. The fraction of sp³-hybridized carbons (Fsp3) is 0.240. The lowest BCUT2D eigenvalue weighted by Gasteiger charge is -2.30. The molecule has 7 heteroatoms. The lowest BCUT2D eigenvalue weighted by atomic mass is 9.98. The van der Waals surface area contributed by atoms with Gasteiger partial charge < -0.3 is 9.80 Å². The van der Waals surface area contributed by atoms with E-state index >= 15 is 0 Å². The standard InChI is InChI=1S/C25H21F2N3O2/c26-22-3-1-16-5-7-29(14-20(16)10-22)24(31)18-9-19(13-28-12-18)25(32)30-8-6-17-2-4-23(27)11-21(17)15-30/h1-4,9-13H,5-8,14-15H2. The number of aromatic nitrogens is 1. The van der Waals surface area contributed by atoms with Crippen LogP contribution < -0.4 is 0 Å². The Morgan fingerprint density at radius 3 is 1.62 bits per heavy atom. The van der Waals surface area contributed by atoms with Crippen LogP contribution in [0.1, 0.15) is 43.0 Å². The van der Waals surface area contributed by atoms with Gasteiger partial charge in [0.05, 0.1) is 11.1 Å². The van der Waals surface area contributed by atoms with Crippen LogP contribution in [0.2, 0.25) is 0 Å². The van der Waals surface area contributed by atoms with Crippen molar-refractivity contribution in [2.24, 2.45) is 0 Å². The molecule has 2 aromatic carbocycles. The van der Waals surface area contributed by atoms with E-state index in [2.05, 4.69) is 4.98 Å². The van der Waals surface area contributed by atoms with E-state index in [4.69, 9.17) is 0 Å². The Morgan fingerprint density at radius 1 is 0.688 bits per heavy atom. The topological polar surface area (TPSA) is 53.5 Å². The first-order valence-corrected chi connectivity index (χ1v) is 10.6. The molecule has 1 aromatic heterocycles. The zero-order valence-corrected chi connectivity index (χ0v) is 17.4. The number of carbonyl (C=O) groups excluding carboxylic acids is 2. The third kappa shape index (κ3) is 3.86. The maximum atomic E-state index is 13.6. The molecule has 0 aliphatic carbocycles. The summed E-state index contributed by atoms with van der Waals surface area (Å²) in [5, 5.41) is 0. The predicted molar refractivity (Wildman–Crippen MR) is 114 cm³/mol. The number of rotatable bonds is 2. The van der Waals surface area contributed by atoms with Gasteiger partial charge in [-0.3, -0.25) is 14.6 Å². The molecule has 2 aliphatic heterocycles. The molecule has 0 unspecified atom stereocenters. The van der Waals surface area contributed by atoms with Crippen LogP contribution in [0.5, 0.6) is 0 Å². The van der Waals surface area contributed by atoms with Gasteiger partial charge in [0.15, 0.2) is 0 Å². The van der Waals surface area contributed by atoms with Crippen LogP contribution in [0, 0.1) is 11.6 Å². The monoisotopic (exact) mass is 433 g/mol. The summed E-state index contributed by atoms with van der Waals surface area (Å²) in [5.41, 5.74) is 4.31. The van der Waals surface area contributed by atoms with Crippen molar-refractivity contribution in [3.8, 4) is 0 Å². The zero-order valence-electron chi connectivity index (χ0n) is 17.4. The van der Waals surface area contributed by atoms with E-state index < -0.39 is 0 Å². The zero-order chi connectivity index (χ0) is 22.2. The third-order valence-corrected chi connectivity index (χ3v) is 6.17. The highest BCUT2D eigenvalue weighted by molar-refractivity contribution is 5.99. The smallest absolute Gasteiger partial charge is 0.255 e. The van der Waals surface area contributed by atoms with Crippen LogP contribution in [0.3, 0.4) is 0 Å². The highest BCUT2D eigenvalue weighted by Gasteiger charge is 2.25. The van der Waals surface area contributed by atoms with Crippen LogP contribution in [0.15, 0.2) is 54.9 Å². The van der Waals surface area contributed by atoms with Gasteiger partial charge in [-0.25, -0.2) is 8.78 Å². The van der Waals surface area contributed by atoms with Crippen molar-refractivity contribution in [1.82, 2.24) is 14.8 Å². The summed E-state index contributed by atoms with van der Waals surface area (Å²) < 4.78 is 27.2. The molecular weight excluding hydrogens is 412 g/mol. The van der Waals surface area contributed by atoms with Crippen molar-refractivity contribution in [1.29, 1.82) is 0 Å². The summed E-state index contributed by atoms with van der Waals surface area (Å²) in [7, 11) is 0. The third-order valence-electron chi connectivity index (χ3n) is 6.17. The van der Waals surface area contributed by atoms with Gasteiger partial charge in [0.1, 0.15) is 11.6 Å². The van der Waals surface area contributed by atoms with Crippen molar-refractivity contribution in [2.45, 2.75) is 25.9 Å². The molecule has 5 rings (SSSR count). The molecular formula is C25H21F2N3O2. The SMILES string of the molecule is O=C(c1cncc(C(=O)N2CCc3ccc(F)cc3C2)c1)N1CCc2ccc(F)cc2C1. The number of nitrogens with zero attached hydrogens (tertiary/aromatic N) is 3. The minimum atomic E-state index is -0.324. The molecule has 0 bridgehead atoms. The lowest BCUT2D eigenvalue weighted by molar-refractivity contribution is 0.0731.